The van der Waals surface area contributed by atoms with E-state index in [9.17, 15) is 27.1 Å². The number of methoxy groups -OCH3 is 2. The smallest absolute Gasteiger partial charge is 0.496 e. The first kappa shape index (κ1) is 90.8. The molecule has 0 fully saturated rings. The molecule has 0 amide bonds. The number of aliphatic hydroxyl groups excluding tert-OH is 1. The van der Waals surface area contributed by atoms with E-state index < -0.39 is 6.29 Å². The number of aryl methyl sites for hydroxylation is 6. The van der Waals surface area contributed by atoms with Crippen molar-refractivity contribution in [3.05, 3.63) is 348 Å². The molecule has 25 heteroatoms. The van der Waals surface area contributed by atoms with Crippen molar-refractivity contribution in [2.24, 2.45) is 25.0 Å². The van der Waals surface area contributed by atoms with E-state index in [0.29, 0.717) is 79.8 Å². The van der Waals surface area contributed by atoms with Crippen LogP contribution in [-0.2, 0) is 64.2 Å². The minimum absolute atomic E-state index is 0.00177. The Morgan fingerprint density at radius 1 is 0.440 bits per heavy atom. The number of amidine groups is 5. The summed E-state index contributed by atoms with van der Waals surface area (Å²) in [7, 11) is 5.36. The number of hydrogen-bond donors (Lipinski definition) is 5. The first-order valence-electron chi connectivity index (χ1n) is 41.6. The molecule has 1 unspecified atom stereocenters. The fourth-order valence-electron chi connectivity index (χ4n) is 16.2. The topological polar surface area (TPSA) is 170 Å². The molecule has 12 aromatic rings. The molecule has 646 valence electrons. The molecule has 18 rings (SSSR count). The van der Waals surface area contributed by atoms with E-state index in [0.717, 1.165) is 156 Å². The van der Waals surface area contributed by atoms with Gasteiger partial charge in [0.15, 0.2) is 11.5 Å². The molecule has 6 aliphatic rings. The first-order chi connectivity index (χ1) is 60.5. The summed E-state index contributed by atoms with van der Waals surface area (Å²) in [5, 5.41) is 28.4. The lowest BCUT2D eigenvalue weighted by atomic mass is 9.95. The number of nitrogens with zero attached hydrogens (tertiary/aromatic N) is 6. The van der Waals surface area contributed by atoms with Gasteiger partial charge in [-0.2, -0.15) is 0 Å². The molecule has 0 saturated carbocycles. The number of likely N-dealkylation sites (N-methyl/N-ethyl adjacent to an activating group) is 1. The standard InChI is InChI=1S/C21H18BrClN2.C21H18BrFN2.C20H22BrFN2O.C20H23BrN2O2.C18H15F3N2O2/c2*22-16-12-14-4-1-2-5-17(14)15(13-16)8-9-18-19(6-3-7-20(18)23)21-24-10-11-25-21;1-20(2)12-23-19(24-20)16-5-4-6-17(22)15(16)9-7-13-11-14(21)8-10-18(13)25-3;1-23-17(13-24)12-22-20(23)18-6-4-3-5-14(18)7-8-15-11-16(21)9-10-19(15)25-2;19-14-5-2-4-13(17-22-9-10-23-17)12(14)8-7-11-3-1-6-15-16(11)25-18(20,21)24-15/h2*1-7,12-13H,8-11H2,(H,24,25);4-6,8,10-11H,7,9,12H2,1-3H3,(H,23,24);3-6,9-11,17,24H,7-8,12-13H2,1-2H3;1-6H,7-10H2,(H,22,23). The van der Waals surface area contributed by atoms with Crippen molar-refractivity contribution >= 4 is 126 Å². The van der Waals surface area contributed by atoms with Gasteiger partial charge in [-0.25, -0.2) is 13.2 Å². The molecule has 0 aliphatic carbocycles. The Balaban J connectivity index is 0.000000127. The van der Waals surface area contributed by atoms with Crippen molar-refractivity contribution in [3.63, 3.8) is 0 Å². The highest BCUT2D eigenvalue weighted by molar-refractivity contribution is 9.11. The zero-order chi connectivity index (χ0) is 87.7. The van der Waals surface area contributed by atoms with Crippen LogP contribution in [0.25, 0.3) is 21.5 Å². The number of alkyl halides is 2. The molecule has 12 aromatic carbocycles. The SMILES string of the molecule is COc1ccc(Br)cc1CCc1c(F)cccc1C1=NCC(C)(C)N1.COc1ccc(Br)cc1CCc1ccccc1C1=NCC(CO)N1C.Clc1cccc(C2=NCCN2)c1CCc1cc(Br)cc2ccccc12.Fc1cccc(C2=NCCN2)c1CCc1cc(Br)cc2ccccc12.Fc1cccc(C2=NCCN2)c1CCc1cccc2c1OC(F)(F)O2. The van der Waals surface area contributed by atoms with Gasteiger partial charge in [-0.05, 0) is 246 Å². The van der Waals surface area contributed by atoms with E-state index in [2.05, 4.69) is 229 Å². The quantitative estimate of drug-likeness (QED) is 0.0389. The van der Waals surface area contributed by atoms with Gasteiger partial charge in [-0.15, -0.1) is 8.78 Å². The molecule has 5 N–H and O–H groups in total. The van der Waals surface area contributed by atoms with Crippen LogP contribution in [0.1, 0.15) is 97.3 Å². The van der Waals surface area contributed by atoms with E-state index in [1.807, 2.05) is 79.8 Å². The maximum Gasteiger partial charge on any atom is 0.586 e. The summed E-state index contributed by atoms with van der Waals surface area (Å²) in [5.74, 6) is 5.24. The third-order valence-electron chi connectivity index (χ3n) is 22.5. The van der Waals surface area contributed by atoms with Crippen LogP contribution in [0.5, 0.6) is 23.0 Å². The van der Waals surface area contributed by atoms with Gasteiger partial charge in [-0.1, -0.05) is 209 Å². The lowest BCUT2D eigenvalue weighted by molar-refractivity contribution is -0.287. The average Bonchev–Trinajstić information content (AvgIpc) is 1.73. The predicted molar refractivity (Wildman–Crippen MR) is 508 cm³/mol. The number of halogens is 10. The molecule has 125 heavy (non-hydrogen) atoms. The molecule has 1 atom stereocenters. The summed E-state index contributed by atoms with van der Waals surface area (Å²) in [6, 6.07) is 71.9. The zero-order valence-electron chi connectivity index (χ0n) is 69.9. The van der Waals surface area contributed by atoms with Crippen LogP contribution in [-0.4, -0.2) is 137 Å². The van der Waals surface area contributed by atoms with E-state index in [4.69, 9.17) is 21.1 Å². The van der Waals surface area contributed by atoms with Crippen LogP contribution in [0.3, 0.4) is 0 Å². The third kappa shape index (κ3) is 22.9. The summed E-state index contributed by atoms with van der Waals surface area (Å²) in [5.41, 5.74) is 14.3. The van der Waals surface area contributed by atoms with Gasteiger partial charge < -0.3 is 50.2 Å². The Bertz CT molecular complexity index is 5910. The lowest BCUT2D eigenvalue weighted by Gasteiger charge is -2.23. The van der Waals surface area contributed by atoms with Crippen molar-refractivity contribution < 1.29 is 46.0 Å². The summed E-state index contributed by atoms with van der Waals surface area (Å²) < 4.78 is 94.1. The fraction of sp³-hybridized carbons (Fsp3) is 0.270. The van der Waals surface area contributed by atoms with Crippen molar-refractivity contribution in [2.45, 2.75) is 95.9 Å². The monoisotopic (exact) mass is 1960 g/mol. The Morgan fingerprint density at radius 2 is 0.856 bits per heavy atom. The van der Waals surface area contributed by atoms with Crippen LogP contribution >= 0.6 is 75.3 Å². The molecular formula is C100H96Br4ClF5N10O5. The highest BCUT2D eigenvalue weighted by Crippen LogP contribution is 2.44. The number of rotatable bonds is 23. The predicted octanol–water partition coefficient (Wildman–Crippen LogP) is 21.4. The second-order valence-electron chi connectivity index (χ2n) is 31.4. The van der Waals surface area contributed by atoms with Crippen LogP contribution in [0.4, 0.5) is 22.0 Å². The van der Waals surface area contributed by atoms with Gasteiger partial charge in [0, 0.05) is 77.4 Å². The van der Waals surface area contributed by atoms with Crippen molar-refractivity contribution in [1.29, 1.82) is 0 Å². The Kier molecular flexibility index (Phi) is 30.7. The molecule has 15 nitrogen and oxygen atoms in total. The molecule has 0 radical (unpaired) electrons. The van der Waals surface area contributed by atoms with E-state index in [1.54, 1.807) is 50.6 Å². The fourth-order valence-corrected chi connectivity index (χ4v) is 18.4. The summed E-state index contributed by atoms with van der Waals surface area (Å²) >= 11 is 20.8. The van der Waals surface area contributed by atoms with E-state index in [-0.39, 0.29) is 47.1 Å². The molecule has 0 saturated heterocycles. The first-order valence-corrected chi connectivity index (χ1v) is 45.2. The van der Waals surface area contributed by atoms with E-state index >= 15 is 0 Å². The third-order valence-corrected chi connectivity index (χ3v) is 24.7. The van der Waals surface area contributed by atoms with Gasteiger partial charge in [0.1, 0.15) is 58.1 Å². The summed E-state index contributed by atoms with van der Waals surface area (Å²) in [6.07, 6.45) is 3.30. The lowest BCUT2D eigenvalue weighted by Crippen LogP contribution is -2.40. The number of ether oxygens (including phenoxy) is 4. The number of fused-ring (bicyclic) bond motifs is 3. The summed E-state index contributed by atoms with van der Waals surface area (Å²) in [4.78, 5) is 24.7. The number of benzene rings is 12. The van der Waals surface area contributed by atoms with Crippen molar-refractivity contribution in [2.75, 3.05) is 80.2 Å². The van der Waals surface area contributed by atoms with Crippen LogP contribution < -0.4 is 40.2 Å². The largest absolute Gasteiger partial charge is 0.586 e. The normalized spacial score (nSPS) is 15.5. The van der Waals surface area contributed by atoms with Crippen molar-refractivity contribution in [3.8, 4) is 23.0 Å². The Labute approximate surface area is 764 Å². The van der Waals surface area contributed by atoms with Gasteiger partial charge in [0.05, 0.1) is 65.1 Å². The van der Waals surface area contributed by atoms with Gasteiger partial charge in [0.2, 0.25) is 0 Å². The highest BCUT2D eigenvalue weighted by atomic mass is 79.9. The second kappa shape index (κ2) is 42.2. The Hall–Kier alpha value is -10.5. The van der Waals surface area contributed by atoms with Gasteiger partial charge >= 0.3 is 6.29 Å². The Morgan fingerprint density at radius 3 is 1.34 bits per heavy atom. The van der Waals surface area contributed by atoms with Gasteiger partial charge in [-0.3, -0.25) is 25.0 Å². The average molecular weight is 1970 g/mol. The van der Waals surface area contributed by atoms with Crippen LogP contribution in [0, 0.1) is 17.5 Å². The molecule has 0 bridgehead atoms. The molecule has 0 spiro atoms. The maximum absolute atomic E-state index is 14.5. The number of para-hydroxylation sites is 1. The van der Waals surface area contributed by atoms with Crippen LogP contribution in [0.2, 0.25) is 5.02 Å². The number of aliphatic imine (C=N–C) groups is 5. The number of nitrogens with one attached hydrogen (secondary N) is 4. The molecule has 6 heterocycles. The minimum Gasteiger partial charge on any atom is -0.496 e. The second-order valence-corrected chi connectivity index (χ2v) is 35.4. The van der Waals surface area contributed by atoms with E-state index in [1.165, 1.54) is 73.6 Å². The number of hydrogen-bond acceptors (Lipinski definition) is 15. The molecular weight excluding hydrogens is 1870 g/mol. The molecule has 0 aromatic heterocycles. The van der Waals surface area contributed by atoms with Gasteiger partial charge in [0.25, 0.3) is 0 Å². The minimum atomic E-state index is -3.66. The molecule has 6 aliphatic heterocycles. The maximum atomic E-state index is 14.5. The highest BCUT2D eigenvalue weighted by Gasteiger charge is 2.44. The van der Waals surface area contributed by atoms with Crippen molar-refractivity contribution in [1.82, 2.24) is 26.2 Å². The zero-order valence-corrected chi connectivity index (χ0v) is 77.0. The summed E-state index contributed by atoms with van der Waals surface area (Å²) in [6.45, 7) is 10.3. The number of aliphatic hydroxyl groups is 1. The van der Waals surface area contributed by atoms with Crippen LogP contribution in [0.15, 0.2) is 267 Å².